The van der Waals surface area contributed by atoms with Crippen LogP contribution in [-0.4, -0.2) is 35.6 Å². The predicted molar refractivity (Wildman–Crippen MR) is 88.1 cm³/mol. The molecule has 1 saturated heterocycles. The molecule has 0 radical (unpaired) electrons. The molecule has 122 valence electrons. The molecule has 2 aromatic rings. The summed E-state index contributed by atoms with van der Waals surface area (Å²) in [6.45, 7) is 6.34. The first-order valence-electron chi connectivity index (χ1n) is 8.16. The lowest BCUT2D eigenvalue weighted by Crippen LogP contribution is -2.48. The van der Waals surface area contributed by atoms with E-state index in [2.05, 4.69) is 36.5 Å². The minimum atomic E-state index is -0.0741. The molecule has 3 rings (SSSR count). The van der Waals surface area contributed by atoms with E-state index in [-0.39, 0.29) is 11.9 Å². The second-order valence-electron chi connectivity index (χ2n) is 6.45. The molecule has 2 heterocycles. The van der Waals surface area contributed by atoms with Gasteiger partial charge < -0.3 is 14.7 Å². The molecule has 1 atom stereocenters. The summed E-state index contributed by atoms with van der Waals surface area (Å²) in [5.74, 6) is 0.758. The van der Waals surface area contributed by atoms with Gasteiger partial charge in [0.2, 0.25) is 5.76 Å². The summed E-state index contributed by atoms with van der Waals surface area (Å²) in [5.41, 5.74) is 2.04. The van der Waals surface area contributed by atoms with E-state index in [1.165, 1.54) is 5.56 Å². The zero-order valence-corrected chi connectivity index (χ0v) is 13.7. The first-order valence-corrected chi connectivity index (χ1v) is 8.16. The van der Waals surface area contributed by atoms with Crippen molar-refractivity contribution in [2.45, 2.75) is 26.3 Å². The molecule has 5 heteroatoms. The Labute approximate surface area is 136 Å². The average Bonchev–Trinajstić information content (AvgIpc) is 3.03. The molecule has 1 aliphatic heterocycles. The number of carbonyl (C=O) groups excluding carboxylic acids is 1. The van der Waals surface area contributed by atoms with Gasteiger partial charge in [0.25, 0.3) is 5.91 Å². The third kappa shape index (κ3) is 3.79. The molecule has 1 fully saturated rings. The third-order valence-electron chi connectivity index (χ3n) is 4.05. The molecule has 0 unspecified atom stereocenters. The SMILES string of the molecule is CC(C)Cc1cc(C(=O)N2CCN[C@H](c3ccccc3)C2)on1. The van der Waals surface area contributed by atoms with Crippen molar-refractivity contribution < 1.29 is 9.32 Å². The van der Waals surface area contributed by atoms with Crippen molar-refractivity contribution in [2.24, 2.45) is 5.92 Å². The Morgan fingerprint density at radius 2 is 2.17 bits per heavy atom. The van der Waals surface area contributed by atoms with E-state index in [0.717, 1.165) is 18.7 Å². The summed E-state index contributed by atoms with van der Waals surface area (Å²) < 4.78 is 5.26. The molecule has 1 aliphatic rings. The van der Waals surface area contributed by atoms with Crippen molar-refractivity contribution in [3.63, 3.8) is 0 Å². The van der Waals surface area contributed by atoms with Gasteiger partial charge in [-0.05, 0) is 17.9 Å². The highest BCUT2D eigenvalue weighted by atomic mass is 16.5. The lowest BCUT2D eigenvalue weighted by molar-refractivity contribution is 0.0661. The number of nitrogens with zero attached hydrogens (tertiary/aromatic N) is 2. The summed E-state index contributed by atoms with van der Waals surface area (Å²) in [7, 11) is 0. The van der Waals surface area contributed by atoms with Crippen LogP contribution in [0, 0.1) is 5.92 Å². The van der Waals surface area contributed by atoms with Crippen molar-refractivity contribution in [1.82, 2.24) is 15.4 Å². The largest absolute Gasteiger partial charge is 0.351 e. The molecule has 5 nitrogen and oxygen atoms in total. The van der Waals surface area contributed by atoms with E-state index in [1.807, 2.05) is 23.1 Å². The zero-order chi connectivity index (χ0) is 16.2. The average molecular weight is 313 g/mol. The first kappa shape index (κ1) is 15.7. The second kappa shape index (κ2) is 6.96. The van der Waals surface area contributed by atoms with Crippen LogP contribution in [0.5, 0.6) is 0 Å². The standard InChI is InChI=1S/C18H23N3O2/c1-13(2)10-15-11-17(23-20-15)18(22)21-9-8-19-16(12-21)14-6-4-3-5-7-14/h3-7,11,13,16,19H,8-10,12H2,1-2H3/t16-/m0/s1. The zero-order valence-electron chi connectivity index (χ0n) is 13.7. The van der Waals surface area contributed by atoms with Crippen LogP contribution in [0.3, 0.4) is 0 Å². The number of benzene rings is 1. The number of amides is 1. The van der Waals surface area contributed by atoms with E-state index in [4.69, 9.17) is 4.52 Å². The maximum Gasteiger partial charge on any atom is 0.292 e. The van der Waals surface area contributed by atoms with E-state index < -0.39 is 0 Å². The molecule has 23 heavy (non-hydrogen) atoms. The summed E-state index contributed by atoms with van der Waals surface area (Å²) in [6.07, 6.45) is 0.824. The van der Waals surface area contributed by atoms with Gasteiger partial charge in [-0.3, -0.25) is 4.79 Å². The van der Waals surface area contributed by atoms with Crippen molar-refractivity contribution in [3.05, 3.63) is 53.4 Å². The highest BCUT2D eigenvalue weighted by Gasteiger charge is 2.27. The lowest BCUT2D eigenvalue weighted by Gasteiger charge is -2.33. The van der Waals surface area contributed by atoms with Crippen LogP contribution in [0.2, 0.25) is 0 Å². The van der Waals surface area contributed by atoms with Gasteiger partial charge in [-0.2, -0.15) is 0 Å². The molecule has 0 spiro atoms. The summed E-state index contributed by atoms with van der Waals surface area (Å²) in [6, 6.07) is 12.1. The monoisotopic (exact) mass is 313 g/mol. The highest BCUT2D eigenvalue weighted by Crippen LogP contribution is 2.19. The molecule has 0 bridgehead atoms. The summed E-state index contributed by atoms with van der Waals surface area (Å²) in [5, 5.41) is 7.47. The summed E-state index contributed by atoms with van der Waals surface area (Å²) in [4.78, 5) is 14.5. The maximum absolute atomic E-state index is 12.6. The van der Waals surface area contributed by atoms with Crippen molar-refractivity contribution in [3.8, 4) is 0 Å². The van der Waals surface area contributed by atoms with Crippen LogP contribution >= 0.6 is 0 Å². The van der Waals surface area contributed by atoms with Gasteiger partial charge in [-0.1, -0.05) is 49.3 Å². The minimum absolute atomic E-state index is 0.0741. The van der Waals surface area contributed by atoms with Gasteiger partial charge in [0.05, 0.1) is 5.69 Å². The fraction of sp³-hybridized carbons (Fsp3) is 0.444. The number of aromatic nitrogens is 1. The molecular weight excluding hydrogens is 290 g/mol. The summed E-state index contributed by atoms with van der Waals surface area (Å²) >= 11 is 0. The number of hydrogen-bond donors (Lipinski definition) is 1. The van der Waals surface area contributed by atoms with E-state index in [1.54, 1.807) is 6.07 Å². The molecule has 1 amide bonds. The fourth-order valence-corrected chi connectivity index (χ4v) is 2.93. The number of hydrogen-bond acceptors (Lipinski definition) is 4. The Kier molecular flexibility index (Phi) is 4.76. The van der Waals surface area contributed by atoms with Crippen molar-refractivity contribution >= 4 is 5.91 Å². The van der Waals surface area contributed by atoms with Gasteiger partial charge in [0, 0.05) is 31.7 Å². The first-order chi connectivity index (χ1) is 11.1. The fourth-order valence-electron chi connectivity index (χ4n) is 2.93. The molecular formula is C18H23N3O2. The van der Waals surface area contributed by atoms with Gasteiger partial charge in [0.15, 0.2) is 0 Å². The quantitative estimate of drug-likeness (QED) is 0.943. The van der Waals surface area contributed by atoms with Crippen LogP contribution in [0.1, 0.15) is 41.7 Å². The molecule has 1 N–H and O–H groups in total. The molecule has 0 saturated carbocycles. The Morgan fingerprint density at radius 1 is 1.39 bits per heavy atom. The van der Waals surface area contributed by atoms with Crippen LogP contribution in [-0.2, 0) is 6.42 Å². The number of nitrogens with one attached hydrogen (secondary N) is 1. The Bertz CT molecular complexity index is 651. The van der Waals surface area contributed by atoms with Gasteiger partial charge in [-0.15, -0.1) is 0 Å². The number of carbonyl (C=O) groups is 1. The molecule has 1 aromatic heterocycles. The molecule has 0 aliphatic carbocycles. The van der Waals surface area contributed by atoms with Crippen molar-refractivity contribution in [1.29, 1.82) is 0 Å². The van der Waals surface area contributed by atoms with Crippen LogP contribution in [0.4, 0.5) is 0 Å². The van der Waals surface area contributed by atoms with Gasteiger partial charge >= 0.3 is 0 Å². The third-order valence-corrected chi connectivity index (χ3v) is 4.05. The van der Waals surface area contributed by atoms with Gasteiger partial charge in [0.1, 0.15) is 0 Å². The predicted octanol–water partition coefficient (Wildman–Crippen LogP) is 2.66. The van der Waals surface area contributed by atoms with E-state index in [9.17, 15) is 4.79 Å². The smallest absolute Gasteiger partial charge is 0.292 e. The Hall–Kier alpha value is -2.14. The van der Waals surface area contributed by atoms with Crippen LogP contribution < -0.4 is 5.32 Å². The second-order valence-corrected chi connectivity index (χ2v) is 6.45. The Morgan fingerprint density at radius 3 is 2.91 bits per heavy atom. The normalized spacial score (nSPS) is 18.4. The number of piperazine rings is 1. The van der Waals surface area contributed by atoms with Crippen LogP contribution in [0.25, 0.3) is 0 Å². The van der Waals surface area contributed by atoms with Crippen LogP contribution in [0.15, 0.2) is 40.9 Å². The number of rotatable bonds is 4. The Balaban J connectivity index is 1.68. The lowest BCUT2D eigenvalue weighted by atomic mass is 10.0. The van der Waals surface area contributed by atoms with E-state index >= 15 is 0 Å². The maximum atomic E-state index is 12.6. The van der Waals surface area contributed by atoms with E-state index in [0.29, 0.717) is 24.8 Å². The van der Waals surface area contributed by atoms with Crippen molar-refractivity contribution in [2.75, 3.05) is 19.6 Å². The highest BCUT2D eigenvalue weighted by molar-refractivity contribution is 5.91. The minimum Gasteiger partial charge on any atom is -0.351 e. The van der Waals surface area contributed by atoms with Gasteiger partial charge in [-0.25, -0.2) is 0 Å². The molecule has 1 aromatic carbocycles. The topological polar surface area (TPSA) is 58.4 Å².